The summed E-state index contributed by atoms with van der Waals surface area (Å²) >= 11 is 0. The zero-order chi connectivity index (χ0) is 22.4. The SMILES string of the molecule is CCOC(=O)c1[nH]c(=O)[nH]c1C[NH+](Cc1ccco1)Cc1[nH]c(=O)[nH]c1C(=O)OCC. The number of imidazole rings is 2. The molecule has 31 heavy (non-hydrogen) atoms. The lowest BCUT2D eigenvalue weighted by Crippen LogP contribution is -3.08. The topological polar surface area (TPSA) is 167 Å². The molecule has 3 aromatic heterocycles. The second-order valence-corrected chi connectivity index (χ2v) is 6.67. The molecule has 0 bridgehead atoms. The van der Waals surface area contributed by atoms with Crippen LogP contribution >= 0.6 is 0 Å². The number of ether oxygens (including phenoxy) is 2. The minimum Gasteiger partial charge on any atom is -0.463 e. The van der Waals surface area contributed by atoms with Crippen LogP contribution < -0.4 is 16.3 Å². The van der Waals surface area contributed by atoms with Crippen molar-refractivity contribution in [3.8, 4) is 0 Å². The summed E-state index contributed by atoms with van der Waals surface area (Å²) < 4.78 is 15.4. The predicted octanol–water partition coefficient (Wildman–Crippen LogP) is -0.549. The van der Waals surface area contributed by atoms with Crippen molar-refractivity contribution >= 4 is 11.9 Å². The highest BCUT2D eigenvalue weighted by Crippen LogP contribution is 2.06. The number of nitrogens with one attached hydrogen (secondary N) is 5. The third-order valence-electron chi connectivity index (χ3n) is 4.43. The molecule has 3 heterocycles. The number of furan rings is 1. The number of aromatic nitrogens is 4. The van der Waals surface area contributed by atoms with Crippen LogP contribution in [0.2, 0.25) is 0 Å². The van der Waals surface area contributed by atoms with Crippen molar-refractivity contribution in [3.63, 3.8) is 0 Å². The van der Waals surface area contributed by atoms with Crippen molar-refractivity contribution in [2.24, 2.45) is 0 Å². The van der Waals surface area contributed by atoms with Gasteiger partial charge in [0.05, 0.1) is 19.5 Å². The monoisotopic (exact) mass is 434 g/mol. The molecule has 0 radical (unpaired) electrons. The quantitative estimate of drug-likeness (QED) is 0.267. The molecule has 0 fully saturated rings. The van der Waals surface area contributed by atoms with Crippen LogP contribution in [0.1, 0.15) is 52.0 Å². The molecule has 0 aliphatic rings. The molecule has 5 N–H and O–H groups in total. The maximum absolute atomic E-state index is 12.2. The molecule has 0 saturated heterocycles. The molecule has 0 aromatic carbocycles. The first-order chi connectivity index (χ1) is 14.9. The van der Waals surface area contributed by atoms with Crippen molar-refractivity contribution in [1.82, 2.24) is 19.9 Å². The molecule has 0 aliphatic heterocycles. The summed E-state index contributed by atoms with van der Waals surface area (Å²) in [6, 6.07) is 3.51. The van der Waals surface area contributed by atoms with Gasteiger partial charge >= 0.3 is 23.3 Å². The fourth-order valence-electron chi connectivity index (χ4n) is 3.21. The first-order valence-electron chi connectivity index (χ1n) is 9.73. The van der Waals surface area contributed by atoms with Crippen LogP contribution in [0.3, 0.4) is 0 Å². The Hall–Kier alpha value is -3.80. The van der Waals surface area contributed by atoms with Gasteiger partial charge in [0.1, 0.15) is 31.0 Å². The molecule has 166 valence electrons. The first kappa shape index (κ1) is 21.9. The summed E-state index contributed by atoms with van der Waals surface area (Å²) in [6.45, 7) is 4.32. The van der Waals surface area contributed by atoms with Crippen molar-refractivity contribution in [2.45, 2.75) is 33.5 Å². The van der Waals surface area contributed by atoms with Gasteiger partial charge in [0, 0.05) is 0 Å². The number of H-pyrrole nitrogens is 4. The van der Waals surface area contributed by atoms with Gasteiger partial charge in [-0.3, -0.25) is 9.97 Å². The molecule has 3 rings (SSSR count). The van der Waals surface area contributed by atoms with Crippen LogP contribution in [0.4, 0.5) is 0 Å². The zero-order valence-corrected chi connectivity index (χ0v) is 17.1. The highest BCUT2D eigenvalue weighted by molar-refractivity contribution is 5.88. The number of esters is 2. The predicted molar refractivity (Wildman–Crippen MR) is 106 cm³/mol. The summed E-state index contributed by atoms with van der Waals surface area (Å²) in [5.74, 6) is -0.674. The molecule has 0 saturated carbocycles. The lowest BCUT2D eigenvalue weighted by atomic mass is 10.2. The highest BCUT2D eigenvalue weighted by Gasteiger charge is 2.25. The van der Waals surface area contributed by atoms with Gasteiger partial charge in [0.15, 0.2) is 17.1 Å². The number of aromatic amines is 4. The van der Waals surface area contributed by atoms with E-state index in [0.717, 1.165) is 4.90 Å². The van der Waals surface area contributed by atoms with Crippen molar-refractivity contribution in [1.29, 1.82) is 0 Å². The van der Waals surface area contributed by atoms with E-state index in [9.17, 15) is 19.2 Å². The van der Waals surface area contributed by atoms with Gasteiger partial charge in [0.2, 0.25) is 0 Å². The summed E-state index contributed by atoms with van der Waals surface area (Å²) in [4.78, 5) is 58.9. The van der Waals surface area contributed by atoms with E-state index in [1.165, 1.54) is 6.26 Å². The molecule has 0 unspecified atom stereocenters. The molecule has 12 heteroatoms. The van der Waals surface area contributed by atoms with Gasteiger partial charge < -0.3 is 28.8 Å². The van der Waals surface area contributed by atoms with Crippen LogP contribution in [-0.4, -0.2) is 45.1 Å². The fourth-order valence-corrected chi connectivity index (χ4v) is 3.21. The van der Waals surface area contributed by atoms with Crippen LogP contribution in [0, 0.1) is 0 Å². The normalized spacial score (nSPS) is 11.1. The van der Waals surface area contributed by atoms with Crippen LogP contribution in [0.15, 0.2) is 32.4 Å². The third kappa shape index (κ3) is 5.42. The first-order valence-corrected chi connectivity index (χ1v) is 9.73. The van der Waals surface area contributed by atoms with E-state index in [1.54, 1.807) is 26.0 Å². The Labute approximate surface area is 175 Å². The average molecular weight is 434 g/mol. The van der Waals surface area contributed by atoms with E-state index in [-0.39, 0.29) is 37.7 Å². The number of quaternary nitrogens is 1. The zero-order valence-electron chi connectivity index (χ0n) is 17.1. The summed E-state index contributed by atoms with van der Waals surface area (Å²) in [5.41, 5.74) is -0.370. The second-order valence-electron chi connectivity index (χ2n) is 6.67. The Morgan fingerprint density at radius 1 is 0.871 bits per heavy atom. The summed E-state index contributed by atoms with van der Waals surface area (Å²) in [5, 5.41) is 0. The number of hydrogen-bond acceptors (Lipinski definition) is 7. The smallest absolute Gasteiger partial charge is 0.356 e. The molecular weight excluding hydrogens is 410 g/mol. The molecule has 12 nitrogen and oxygen atoms in total. The van der Waals surface area contributed by atoms with Gasteiger partial charge in [-0.2, -0.15) is 0 Å². The minimum atomic E-state index is -0.657. The number of rotatable bonds is 10. The Balaban J connectivity index is 1.91. The maximum Gasteiger partial charge on any atom is 0.356 e. The van der Waals surface area contributed by atoms with Gasteiger partial charge in [0.25, 0.3) is 0 Å². The molecular formula is C19H24N5O7+. The standard InChI is InChI=1S/C19H23N5O7/c1-3-29-16(25)14-12(20-18(27)22-14)9-24(8-11-6-5-7-31-11)10-13-15(17(26)30-4-2)23-19(28)21-13/h5-7H,3-4,8-10H2,1-2H3,(H2,20,22,27)(H2,21,23,28)/p+1. The van der Waals surface area contributed by atoms with Crippen molar-refractivity contribution in [3.05, 3.63) is 67.9 Å². The average Bonchev–Trinajstić information content (AvgIpc) is 3.43. The minimum absolute atomic E-state index is 0.0250. The summed E-state index contributed by atoms with van der Waals surface area (Å²) in [7, 11) is 0. The Morgan fingerprint density at radius 3 is 1.81 bits per heavy atom. The molecule has 3 aromatic rings. The lowest BCUT2D eigenvalue weighted by molar-refractivity contribution is -0.942. The summed E-state index contributed by atoms with van der Waals surface area (Å²) in [6.07, 6.45) is 1.53. The lowest BCUT2D eigenvalue weighted by Gasteiger charge is -2.18. The maximum atomic E-state index is 12.2. The van der Waals surface area contributed by atoms with Gasteiger partial charge in [-0.25, -0.2) is 19.2 Å². The van der Waals surface area contributed by atoms with E-state index < -0.39 is 23.3 Å². The third-order valence-corrected chi connectivity index (χ3v) is 4.43. The number of carbonyl (C=O) groups is 2. The van der Waals surface area contributed by atoms with Gasteiger partial charge in [-0.1, -0.05) is 0 Å². The van der Waals surface area contributed by atoms with E-state index in [4.69, 9.17) is 13.9 Å². The Bertz CT molecular complexity index is 1060. The van der Waals surface area contributed by atoms with E-state index in [0.29, 0.717) is 23.7 Å². The van der Waals surface area contributed by atoms with Crippen LogP contribution in [-0.2, 0) is 29.1 Å². The second kappa shape index (κ2) is 9.80. The van der Waals surface area contributed by atoms with Crippen molar-refractivity contribution < 1.29 is 28.4 Å². The van der Waals surface area contributed by atoms with E-state index in [2.05, 4.69) is 19.9 Å². The number of hydrogen-bond donors (Lipinski definition) is 5. The van der Waals surface area contributed by atoms with E-state index >= 15 is 0 Å². The molecule has 0 spiro atoms. The van der Waals surface area contributed by atoms with Gasteiger partial charge in [-0.15, -0.1) is 0 Å². The molecule has 0 atom stereocenters. The molecule has 0 aliphatic carbocycles. The molecule has 0 amide bonds. The van der Waals surface area contributed by atoms with E-state index in [1.807, 2.05) is 0 Å². The fraction of sp³-hybridized carbons (Fsp3) is 0.368. The van der Waals surface area contributed by atoms with Crippen LogP contribution in [0.25, 0.3) is 0 Å². The number of carbonyl (C=O) groups excluding carboxylic acids is 2. The Morgan fingerprint density at radius 2 is 1.39 bits per heavy atom. The van der Waals surface area contributed by atoms with Gasteiger partial charge in [-0.05, 0) is 26.0 Å². The van der Waals surface area contributed by atoms with Crippen LogP contribution in [0.5, 0.6) is 0 Å². The van der Waals surface area contributed by atoms with Crippen molar-refractivity contribution in [2.75, 3.05) is 13.2 Å². The Kier molecular flexibility index (Phi) is 6.92. The highest BCUT2D eigenvalue weighted by atomic mass is 16.5. The largest absolute Gasteiger partial charge is 0.463 e.